The molecule has 5 nitrogen and oxygen atoms in total. The highest BCUT2D eigenvalue weighted by Crippen LogP contribution is 2.43. The van der Waals surface area contributed by atoms with E-state index in [0.717, 1.165) is 17.1 Å². The van der Waals surface area contributed by atoms with Crippen molar-refractivity contribution in [2.24, 2.45) is 0 Å². The molecule has 144 valence electrons. The minimum absolute atomic E-state index is 0.359. The van der Waals surface area contributed by atoms with E-state index < -0.39 is 17.4 Å². The zero-order chi connectivity index (χ0) is 20.2. The molecule has 0 N–H and O–H groups in total. The highest BCUT2D eigenvalue weighted by molar-refractivity contribution is 7.80. The van der Waals surface area contributed by atoms with E-state index >= 15 is 4.39 Å². The fraction of sp³-hybridized carbons (Fsp3) is 0.0455. The van der Waals surface area contributed by atoms with Gasteiger partial charge in [0.25, 0.3) is 5.95 Å². The van der Waals surface area contributed by atoms with E-state index in [1.165, 1.54) is 6.07 Å². The van der Waals surface area contributed by atoms with Crippen LogP contribution in [0.25, 0.3) is 28.2 Å². The lowest BCUT2D eigenvalue weighted by atomic mass is 10.0. The third kappa shape index (κ3) is 1.65. The Bertz CT molecular complexity index is 1550. The maximum absolute atomic E-state index is 15.2. The fourth-order valence-corrected chi connectivity index (χ4v) is 5.17. The van der Waals surface area contributed by atoms with Crippen molar-refractivity contribution in [3.8, 4) is 17.2 Å². The molecule has 0 radical (unpaired) electrons. The number of rotatable bonds is 0. The van der Waals surface area contributed by atoms with E-state index in [1.54, 1.807) is 0 Å². The first-order valence-electron chi connectivity index (χ1n) is 9.44. The summed E-state index contributed by atoms with van der Waals surface area (Å²) in [4.78, 5) is 5.52. The molecule has 0 amide bonds. The number of hydrogen-bond acceptors (Lipinski definition) is 2. The molecular weight excluding hydrogens is 404 g/mol. The molecular formula is C22H13F2N5S+2. The number of pyridine rings is 1. The van der Waals surface area contributed by atoms with Crippen LogP contribution in [0.1, 0.15) is 5.56 Å². The number of nitrogens with zero attached hydrogens (tertiary/aromatic N) is 5. The quantitative estimate of drug-likeness (QED) is 0.299. The fourth-order valence-electron chi connectivity index (χ4n) is 4.98. The number of aromatic nitrogens is 5. The molecule has 0 saturated heterocycles. The van der Waals surface area contributed by atoms with Crippen molar-refractivity contribution in [3.63, 3.8) is 0 Å². The molecule has 5 aromatic rings. The van der Waals surface area contributed by atoms with Gasteiger partial charge in [-0.3, -0.25) is 0 Å². The second-order valence-corrected chi connectivity index (χ2v) is 8.02. The van der Waals surface area contributed by atoms with E-state index in [4.69, 9.17) is 4.98 Å². The van der Waals surface area contributed by atoms with Crippen LogP contribution in [-0.2, 0) is 5.79 Å². The van der Waals surface area contributed by atoms with E-state index in [0.29, 0.717) is 27.7 Å². The lowest BCUT2D eigenvalue weighted by Crippen LogP contribution is -2.75. The molecule has 0 fully saturated rings. The highest BCUT2D eigenvalue weighted by Gasteiger charge is 2.69. The predicted molar refractivity (Wildman–Crippen MR) is 106 cm³/mol. The minimum atomic E-state index is -1.08. The first kappa shape index (κ1) is 16.3. The van der Waals surface area contributed by atoms with Gasteiger partial charge in [0.15, 0.2) is 6.20 Å². The average Bonchev–Trinajstić information content (AvgIpc) is 3.43. The van der Waals surface area contributed by atoms with Gasteiger partial charge in [-0.15, -0.1) is 17.2 Å². The summed E-state index contributed by atoms with van der Waals surface area (Å²) in [5.41, 5.74) is 3.17. The normalized spacial score (nSPS) is 18.0. The molecule has 0 aliphatic carbocycles. The maximum Gasteiger partial charge on any atom is 0.506 e. The smallest absolute Gasteiger partial charge is 0.207 e. The van der Waals surface area contributed by atoms with Crippen molar-refractivity contribution in [1.29, 1.82) is 0 Å². The largest absolute Gasteiger partial charge is 0.506 e. The Balaban J connectivity index is 1.77. The van der Waals surface area contributed by atoms with Crippen LogP contribution in [0.15, 0.2) is 78.1 Å². The molecule has 1 spiro atoms. The van der Waals surface area contributed by atoms with Gasteiger partial charge in [-0.2, -0.15) is 4.57 Å². The Morgan fingerprint density at radius 1 is 1.00 bits per heavy atom. The second kappa shape index (κ2) is 5.14. The van der Waals surface area contributed by atoms with Crippen LogP contribution in [0, 0.1) is 11.6 Å². The summed E-state index contributed by atoms with van der Waals surface area (Å²) in [6.45, 7) is 0. The molecule has 2 aromatic carbocycles. The third-order valence-electron chi connectivity index (χ3n) is 6.01. The number of imidazole rings is 1. The van der Waals surface area contributed by atoms with E-state index in [1.807, 2.05) is 79.6 Å². The van der Waals surface area contributed by atoms with Crippen LogP contribution < -0.4 is 9.25 Å². The summed E-state index contributed by atoms with van der Waals surface area (Å²) >= 11 is 4.46. The maximum atomic E-state index is 15.2. The van der Waals surface area contributed by atoms with Gasteiger partial charge in [-0.25, -0.2) is 13.8 Å². The first-order chi connectivity index (χ1) is 14.6. The van der Waals surface area contributed by atoms with Crippen LogP contribution in [0.3, 0.4) is 0 Å². The molecule has 2 aliphatic heterocycles. The zero-order valence-corrected chi connectivity index (χ0v) is 16.3. The number of thiol groups is 1. The van der Waals surface area contributed by atoms with Gasteiger partial charge >= 0.3 is 5.79 Å². The number of benzene rings is 2. The summed E-state index contributed by atoms with van der Waals surface area (Å²) < 4.78 is 37.6. The molecule has 0 bridgehead atoms. The Hall–Kier alpha value is -3.52. The topological polar surface area (TPSA) is 30.5 Å². The molecule has 7 rings (SSSR count). The SMILES string of the molecule is Fc1cc(F)c2c(c1)C1(n3c(nc4ccccc43)-n3ccc[n+]31)[n+]1ccc(S)cc1-2. The molecule has 1 unspecified atom stereocenters. The van der Waals surface area contributed by atoms with Crippen molar-refractivity contribution in [1.82, 2.24) is 14.2 Å². The van der Waals surface area contributed by atoms with Gasteiger partial charge in [0, 0.05) is 29.2 Å². The van der Waals surface area contributed by atoms with Crippen LogP contribution in [0.4, 0.5) is 8.78 Å². The predicted octanol–water partition coefficient (Wildman–Crippen LogP) is 3.02. The Kier molecular flexibility index (Phi) is 2.79. The van der Waals surface area contributed by atoms with E-state index in [9.17, 15) is 4.39 Å². The molecule has 5 heterocycles. The standard InChI is InChI=1S/C22H12F2N5S/c23-13-10-15-20(16(24)11-13)19-12-14(30)6-9-26(19)22(15)28-8-3-7-27(28)21-25-17-4-1-2-5-18(17)29(21)22/h1-12H/q+1/p+1. The Labute approximate surface area is 174 Å². The monoisotopic (exact) mass is 417 g/mol. The molecule has 2 aliphatic rings. The van der Waals surface area contributed by atoms with Crippen molar-refractivity contribution in [2.75, 3.05) is 0 Å². The van der Waals surface area contributed by atoms with E-state index in [2.05, 4.69) is 12.6 Å². The molecule has 0 saturated carbocycles. The summed E-state index contributed by atoms with van der Waals surface area (Å²) in [5, 5.41) is 0. The van der Waals surface area contributed by atoms with Crippen LogP contribution in [0.5, 0.6) is 0 Å². The number of hydrogen-bond donors (Lipinski definition) is 1. The van der Waals surface area contributed by atoms with Crippen molar-refractivity contribution < 1.29 is 18.0 Å². The minimum Gasteiger partial charge on any atom is -0.207 e. The molecule has 1 atom stereocenters. The van der Waals surface area contributed by atoms with Gasteiger partial charge < -0.3 is 0 Å². The number of fused-ring (bicyclic) bond motifs is 12. The molecule has 8 heteroatoms. The summed E-state index contributed by atoms with van der Waals surface area (Å²) in [6.07, 6.45) is 5.66. The zero-order valence-electron chi connectivity index (χ0n) is 15.4. The second-order valence-electron chi connectivity index (χ2n) is 7.50. The summed E-state index contributed by atoms with van der Waals surface area (Å²) in [5.74, 6) is -1.63. The van der Waals surface area contributed by atoms with Crippen molar-refractivity contribution >= 4 is 23.7 Å². The van der Waals surface area contributed by atoms with Gasteiger partial charge in [-0.05, 0) is 22.9 Å². The number of para-hydroxylation sites is 2. The first-order valence-corrected chi connectivity index (χ1v) is 9.88. The lowest BCUT2D eigenvalue weighted by Gasteiger charge is -2.16. The summed E-state index contributed by atoms with van der Waals surface area (Å²) in [6, 6.07) is 15.7. The Morgan fingerprint density at radius 2 is 1.87 bits per heavy atom. The van der Waals surface area contributed by atoms with Crippen LogP contribution in [0.2, 0.25) is 0 Å². The van der Waals surface area contributed by atoms with Crippen molar-refractivity contribution in [2.45, 2.75) is 10.7 Å². The summed E-state index contributed by atoms with van der Waals surface area (Å²) in [7, 11) is 0. The van der Waals surface area contributed by atoms with Crippen LogP contribution in [-0.4, -0.2) is 14.2 Å². The third-order valence-corrected chi connectivity index (χ3v) is 6.29. The number of halogens is 2. The highest BCUT2D eigenvalue weighted by atomic mass is 32.1. The van der Waals surface area contributed by atoms with Gasteiger partial charge in [0.2, 0.25) is 11.9 Å². The lowest BCUT2D eigenvalue weighted by molar-refractivity contribution is -1.00. The van der Waals surface area contributed by atoms with Crippen molar-refractivity contribution in [3.05, 3.63) is 90.4 Å². The Morgan fingerprint density at radius 3 is 2.77 bits per heavy atom. The van der Waals surface area contributed by atoms with Gasteiger partial charge in [-0.1, -0.05) is 16.8 Å². The molecule has 30 heavy (non-hydrogen) atoms. The van der Waals surface area contributed by atoms with E-state index in [-0.39, 0.29) is 0 Å². The van der Waals surface area contributed by atoms with Gasteiger partial charge in [0.1, 0.15) is 22.8 Å². The molecule has 3 aromatic heterocycles. The van der Waals surface area contributed by atoms with Gasteiger partial charge in [0.05, 0.1) is 17.2 Å². The van der Waals surface area contributed by atoms with Crippen LogP contribution >= 0.6 is 12.6 Å². The average molecular weight is 417 g/mol.